The van der Waals surface area contributed by atoms with Gasteiger partial charge in [0.1, 0.15) is 12.4 Å². The highest BCUT2D eigenvalue weighted by Crippen LogP contribution is 2.33. The Kier molecular flexibility index (Phi) is 10.3. The molecule has 0 aliphatic carbocycles. The van der Waals surface area contributed by atoms with Crippen LogP contribution in [-0.4, -0.2) is 50.6 Å². The number of nitroso groups, excluding NO2 is 1. The summed E-state index contributed by atoms with van der Waals surface area (Å²) in [5, 5.41) is 29.4. The number of amides is 2. The van der Waals surface area contributed by atoms with E-state index >= 15 is 0 Å². The minimum Gasteiger partial charge on any atom is -0.475 e. The van der Waals surface area contributed by atoms with Crippen LogP contribution < -0.4 is 10.1 Å². The average molecular weight is 581 g/mol. The molecule has 0 fully saturated rings. The summed E-state index contributed by atoms with van der Waals surface area (Å²) in [5.41, 5.74) is 0.172. The van der Waals surface area contributed by atoms with Crippen LogP contribution in [0.5, 0.6) is 5.88 Å². The van der Waals surface area contributed by atoms with E-state index in [1.165, 1.54) is 41.1 Å². The number of aromatic nitrogens is 2. The fourth-order valence-corrected chi connectivity index (χ4v) is 3.96. The summed E-state index contributed by atoms with van der Waals surface area (Å²) in [7, 11) is 0. The highest BCUT2D eigenvalue weighted by molar-refractivity contribution is 5.94. The monoisotopic (exact) mass is 580 g/mol. The molecule has 0 spiro atoms. The lowest BCUT2D eigenvalue weighted by molar-refractivity contribution is -0.137. The Labute approximate surface area is 231 Å². The van der Waals surface area contributed by atoms with Crippen LogP contribution in [0.15, 0.2) is 53.7 Å². The van der Waals surface area contributed by atoms with Crippen molar-refractivity contribution in [3.8, 4) is 11.6 Å². The lowest BCUT2D eigenvalue weighted by Crippen LogP contribution is -2.26. The van der Waals surface area contributed by atoms with E-state index in [9.17, 15) is 42.3 Å². The van der Waals surface area contributed by atoms with Gasteiger partial charge in [-0.05, 0) is 47.9 Å². The lowest BCUT2D eigenvalue weighted by Gasteiger charge is -2.17. The molecule has 1 heterocycles. The number of hydrogen-bond donors (Lipinski definition) is 3. The molecular weight excluding hydrogens is 552 g/mol. The molecule has 1 aromatic heterocycles. The van der Waals surface area contributed by atoms with E-state index in [0.717, 1.165) is 12.1 Å². The highest BCUT2D eigenvalue weighted by Gasteiger charge is 2.30. The Balaban J connectivity index is 1.87. The zero-order valence-corrected chi connectivity index (χ0v) is 22.1. The van der Waals surface area contributed by atoms with Crippen LogP contribution >= 0.6 is 0 Å². The number of nitrogens with one attached hydrogen (secondary N) is 1. The SMILES string of the molecule is CC(C)c1c(C(=O)NCc2ccc(C(F)(F)F)cc2)nn(-c2ccc(F)cc2)c1OC[C@@H](O)C[C@@H](O)CC(=O)N=O. The maximum Gasteiger partial charge on any atom is 0.416 e. The fourth-order valence-electron chi connectivity index (χ4n) is 3.96. The molecule has 220 valence electrons. The van der Waals surface area contributed by atoms with Gasteiger partial charge in [0.2, 0.25) is 5.88 Å². The molecule has 0 radical (unpaired) electrons. The number of ether oxygens (including phenoxy) is 1. The Morgan fingerprint density at radius 1 is 1.05 bits per heavy atom. The molecule has 3 N–H and O–H groups in total. The maximum absolute atomic E-state index is 13.6. The number of carbonyl (C=O) groups is 2. The Hall–Kier alpha value is -4.17. The molecule has 0 bridgehead atoms. The number of rotatable bonds is 12. The van der Waals surface area contributed by atoms with E-state index in [-0.39, 0.29) is 30.5 Å². The zero-order chi connectivity index (χ0) is 30.3. The van der Waals surface area contributed by atoms with Crippen molar-refractivity contribution < 1.29 is 42.1 Å². The van der Waals surface area contributed by atoms with Crippen molar-refractivity contribution in [2.24, 2.45) is 5.18 Å². The van der Waals surface area contributed by atoms with E-state index in [1.54, 1.807) is 13.8 Å². The van der Waals surface area contributed by atoms with E-state index < -0.39 is 54.6 Å². The first-order chi connectivity index (χ1) is 19.3. The quantitative estimate of drug-likeness (QED) is 0.215. The second-order valence-electron chi connectivity index (χ2n) is 9.53. The van der Waals surface area contributed by atoms with Crippen molar-refractivity contribution in [3.05, 3.63) is 81.6 Å². The minimum absolute atomic E-state index is 0.0467. The molecule has 3 rings (SSSR count). The van der Waals surface area contributed by atoms with Gasteiger partial charge >= 0.3 is 6.18 Å². The minimum atomic E-state index is -4.49. The number of nitrogens with zero attached hydrogens (tertiary/aromatic N) is 3. The first kappa shape index (κ1) is 31.4. The fraction of sp³-hybridized carbons (Fsp3) is 0.370. The van der Waals surface area contributed by atoms with Gasteiger partial charge in [-0.1, -0.05) is 26.0 Å². The first-order valence-corrected chi connectivity index (χ1v) is 12.5. The summed E-state index contributed by atoms with van der Waals surface area (Å²) < 4.78 is 59.2. The van der Waals surface area contributed by atoms with Gasteiger partial charge in [0.15, 0.2) is 5.69 Å². The number of carbonyl (C=O) groups excluding carboxylic acids is 2. The molecular formula is C27H28F4N4O6. The molecule has 14 heteroatoms. The number of hydrogen-bond acceptors (Lipinski definition) is 7. The van der Waals surface area contributed by atoms with Crippen LogP contribution in [0.1, 0.15) is 59.8 Å². The molecule has 0 aliphatic rings. The number of alkyl halides is 3. The van der Waals surface area contributed by atoms with Crippen molar-refractivity contribution in [3.63, 3.8) is 0 Å². The van der Waals surface area contributed by atoms with Crippen LogP contribution in [0.3, 0.4) is 0 Å². The second kappa shape index (κ2) is 13.5. The lowest BCUT2D eigenvalue weighted by atomic mass is 10.0. The van der Waals surface area contributed by atoms with E-state index in [0.29, 0.717) is 16.8 Å². The summed E-state index contributed by atoms with van der Waals surface area (Å²) in [6, 6.07) is 9.42. The van der Waals surface area contributed by atoms with Gasteiger partial charge in [-0.3, -0.25) is 9.59 Å². The van der Waals surface area contributed by atoms with Crippen molar-refractivity contribution >= 4 is 11.8 Å². The zero-order valence-electron chi connectivity index (χ0n) is 22.1. The molecule has 41 heavy (non-hydrogen) atoms. The largest absolute Gasteiger partial charge is 0.475 e. The smallest absolute Gasteiger partial charge is 0.416 e. The summed E-state index contributed by atoms with van der Waals surface area (Å²) >= 11 is 0. The van der Waals surface area contributed by atoms with Gasteiger partial charge in [0.05, 0.1) is 29.9 Å². The van der Waals surface area contributed by atoms with E-state index in [1.807, 2.05) is 0 Å². The molecule has 2 amide bonds. The second-order valence-corrected chi connectivity index (χ2v) is 9.53. The third-order valence-electron chi connectivity index (χ3n) is 5.94. The maximum atomic E-state index is 13.6. The van der Waals surface area contributed by atoms with Crippen LogP contribution in [0.4, 0.5) is 17.6 Å². The highest BCUT2D eigenvalue weighted by atomic mass is 19.4. The van der Waals surface area contributed by atoms with Crippen LogP contribution in [0.25, 0.3) is 5.69 Å². The summed E-state index contributed by atoms with van der Waals surface area (Å²) in [4.78, 5) is 34.6. The van der Waals surface area contributed by atoms with Gasteiger partial charge in [-0.2, -0.15) is 18.3 Å². The number of aliphatic hydroxyl groups excluding tert-OH is 2. The Morgan fingerprint density at radius 3 is 2.24 bits per heavy atom. The molecule has 2 atom stereocenters. The Bertz CT molecular complexity index is 1360. The van der Waals surface area contributed by atoms with Crippen molar-refractivity contribution in [1.29, 1.82) is 0 Å². The molecule has 0 saturated heterocycles. The van der Waals surface area contributed by atoms with Gasteiger partial charge in [-0.15, -0.1) is 4.91 Å². The van der Waals surface area contributed by atoms with Crippen molar-refractivity contribution in [1.82, 2.24) is 15.1 Å². The van der Waals surface area contributed by atoms with E-state index in [2.05, 4.69) is 15.6 Å². The van der Waals surface area contributed by atoms with Crippen molar-refractivity contribution in [2.45, 2.75) is 57.5 Å². The van der Waals surface area contributed by atoms with Crippen LogP contribution in [0, 0.1) is 10.7 Å². The van der Waals surface area contributed by atoms with Crippen LogP contribution in [-0.2, 0) is 17.5 Å². The third-order valence-corrected chi connectivity index (χ3v) is 5.94. The molecule has 2 aromatic carbocycles. The van der Waals surface area contributed by atoms with Gasteiger partial charge in [0.25, 0.3) is 11.8 Å². The topological polar surface area (TPSA) is 143 Å². The summed E-state index contributed by atoms with van der Waals surface area (Å²) in [6.07, 6.45) is -8.03. The van der Waals surface area contributed by atoms with Gasteiger partial charge in [0, 0.05) is 23.7 Å². The molecule has 3 aromatic rings. The Morgan fingerprint density at radius 2 is 1.68 bits per heavy atom. The number of halogens is 4. The van der Waals surface area contributed by atoms with Crippen LogP contribution in [0.2, 0.25) is 0 Å². The summed E-state index contributed by atoms with van der Waals surface area (Å²) in [6.45, 7) is 3.01. The average Bonchev–Trinajstić information content (AvgIpc) is 3.30. The molecule has 0 aliphatic heterocycles. The predicted octanol–water partition coefficient (Wildman–Crippen LogP) is 4.26. The van der Waals surface area contributed by atoms with Gasteiger partial charge in [-0.25, -0.2) is 9.07 Å². The third kappa shape index (κ3) is 8.41. The normalized spacial score (nSPS) is 13.1. The molecule has 0 saturated carbocycles. The number of aliphatic hydroxyl groups is 2. The molecule has 10 nitrogen and oxygen atoms in total. The van der Waals surface area contributed by atoms with Crippen molar-refractivity contribution in [2.75, 3.05) is 6.61 Å². The molecule has 0 unspecified atom stereocenters. The standard InChI is InChI=1S/C27H28F4N4O6/c1-15(2)23-24(25(39)32-13-16-3-5-17(6-4-16)27(29,30)31)33-35(19-9-7-18(28)8-10-19)26(23)41-14-21(37)11-20(36)12-22(38)34-40/h3-10,15,20-21,36-37H,11-14H2,1-2H3,(H,32,39)/t20-,21+/m1/s1. The summed E-state index contributed by atoms with van der Waals surface area (Å²) in [5.74, 6) is -2.56. The van der Waals surface area contributed by atoms with Gasteiger partial charge < -0.3 is 20.3 Å². The predicted molar refractivity (Wildman–Crippen MR) is 138 cm³/mol. The first-order valence-electron chi connectivity index (χ1n) is 12.5. The van der Waals surface area contributed by atoms with E-state index in [4.69, 9.17) is 4.74 Å². The number of benzene rings is 2.